The summed E-state index contributed by atoms with van der Waals surface area (Å²) in [6.45, 7) is 9.34. The van der Waals surface area contributed by atoms with Gasteiger partial charge in [0.25, 0.3) is 0 Å². The van der Waals surface area contributed by atoms with Crippen LogP contribution < -0.4 is 10.1 Å². The standard InChI is InChI=1S/C17H22N2O/c1-13-7-8-16(20-15-6-5-9-18-12-15)14(10-13)11-19-17(2,3)4/h5-10,12,19H,11H2,1-4H3. The van der Waals surface area contributed by atoms with E-state index in [4.69, 9.17) is 4.74 Å². The number of ether oxygens (including phenoxy) is 1. The molecule has 20 heavy (non-hydrogen) atoms. The summed E-state index contributed by atoms with van der Waals surface area (Å²) in [5, 5.41) is 3.50. The first-order chi connectivity index (χ1) is 9.44. The largest absolute Gasteiger partial charge is 0.455 e. The number of rotatable bonds is 4. The van der Waals surface area contributed by atoms with Crippen molar-refractivity contribution in [2.75, 3.05) is 0 Å². The van der Waals surface area contributed by atoms with Crippen molar-refractivity contribution in [3.63, 3.8) is 0 Å². The maximum Gasteiger partial charge on any atom is 0.145 e. The van der Waals surface area contributed by atoms with Gasteiger partial charge in [-0.05, 0) is 45.9 Å². The number of hydrogen-bond acceptors (Lipinski definition) is 3. The molecule has 1 aromatic heterocycles. The topological polar surface area (TPSA) is 34.1 Å². The first kappa shape index (κ1) is 14.5. The molecule has 2 rings (SSSR count). The molecule has 0 amide bonds. The van der Waals surface area contributed by atoms with Crippen molar-refractivity contribution < 1.29 is 4.74 Å². The summed E-state index contributed by atoms with van der Waals surface area (Å²) in [5.41, 5.74) is 2.47. The fourth-order valence-electron chi connectivity index (χ4n) is 1.84. The Morgan fingerprint density at radius 3 is 2.65 bits per heavy atom. The Kier molecular flexibility index (Phi) is 4.40. The van der Waals surface area contributed by atoms with Crippen LogP contribution in [0.25, 0.3) is 0 Å². The number of nitrogens with zero attached hydrogens (tertiary/aromatic N) is 1. The van der Waals surface area contributed by atoms with Gasteiger partial charge in [-0.2, -0.15) is 0 Å². The maximum atomic E-state index is 5.93. The van der Waals surface area contributed by atoms with Gasteiger partial charge in [0.1, 0.15) is 11.5 Å². The molecule has 0 aliphatic heterocycles. The van der Waals surface area contributed by atoms with Crippen LogP contribution in [0.3, 0.4) is 0 Å². The Hall–Kier alpha value is -1.87. The molecular weight excluding hydrogens is 248 g/mol. The molecular formula is C17H22N2O. The Morgan fingerprint density at radius 2 is 2.00 bits per heavy atom. The third-order valence-electron chi connectivity index (χ3n) is 2.89. The van der Waals surface area contributed by atoms with Crippen LogP contribution in [0, 0.1) is 6.92 Å². The van der Waals surface area contributed by atoms with E-state index in [0.717, 1.165) is 23.6 Å². The Morgan fingerprint density at radius 1 is 1.20 bits per heavy atom. The molecule has 106 valence electrons. The number of hydrogen-bond donors (Lipinski definition) is 1. The highest BCUT2D eigenvalue weighted by molar-refractivity contribution is 5.39. The molecule has 0 radical (unpaired) electrons. The van der Waals surface area contributed by atoms with Gasteiger partial charge < -0.3 is 10.1 Å². The van der Waals surface area contributed by atoms with Gasteiger partial charge in [-0.15, -0.1) is 0 Å². The summed E-state index contributed by atoms with van der Waals surface area (Å²) in [4.78, 5) is 4.07. The molecule has 0 unspecified atom stereocenters. The first-order valence-electron chi connectivity index (χ1n) is 6.86. The normalized spacial score (nSPS) is 11.4. The van der Waals surface area contributed by atoms with Crippen molar-refractivity contribution in [3.05, 3.63) is 53.9 Å². The van der Waals surface area contributed by atoms with E-state index in [-0.39, 0.29) is 5.54 Å². The average Bonchev–Trinajstić information content (AvgIpc) is 2.39. The van der Waals surface area contributed by atoms with Gasteiger partial charge in [-0.3, -0.25) is 4.98 Å². The highest BCUT2D eigenvalue weighted by Crippen LogP contribution is 2.26. The summed E-state index contributed by atoms with van der Waals surface area (Å²) in [6, 6.07) is 10.0. The second-order valence-electron chi connectivity index (χ2n) is 6.01. The Bertz CT molecular complexity index is 559. The van der Waals surface area contributed by atoms with Crippen molar-refractivity contribution in [3.8, 4) is 11.5 Å². The molecule has 3 nitrogen and oxygen atoms in total. The minimum absolute atomic E-state index is 0.0787. The predicted octanol–water partition coefficient (Wildman–Crippen LogP) is 4.07. The molecule has 3 heteroatoms. The van der Waals surface area contributed by atoms with Crippen LogP contribution >= 0.6 is 0 Å². The lowest BCUT2D eigenvalue weighted by Gasteiger charge is -2.22. The molecule has 0 saturated heterocycles. The Labute approximate surface area is 121 Å². The van der Waals surface area contributed by atoms with Crippen LogP contribution in [0.2, 0.25) is 0 Å². The summed E-state index contributed by atoms with van der Waals surface area (Å²) in [5.74, 6) is 1.63. The zero-order chi connectivity index (χ0) is 14.6. The number of aryl methyl sites for hydroxylation is 1. The van der Waals surface area contributed by atoms with Crippen LogP contribution in [-0.2, 0) is 6.54 Å². The lowest BCUT2D eigenvalue weighted by Crippen LogP contribution is -2.35. The minimum atomic E-state index is 0.0787. The van der Waals surface area contributed by atoms with Crippen LogP contribution in [0.15, 0.2) is 42.7 Å². The van der Waals surface area contributed by atoms with E-state index in [0.29, 0.717) is 0 Å². The maximum absolute atomic E-state index is 5.93. The van der Waals surface area contributed by atoms with E-state index in [1.165, 1.54) is 5.56 Å². The molecule has 0 atom stereocenters. The van der Waals surface area contributed by atoms with Gasteiger partial charge in [-0.1, -0.05) is 17.7 Å². The molecule has 0 aliphatic carbocycles. The third kappa shape index (κ3) is 4.35. The number of benzene rings is 1. The lowest BCUT2D eigenvalue weighted by molar-refractivity contribution is 0.414. The van der Waals surface area contributed by atoms with Crippen LogP contribution in [0.1, 0.15) is 31.9 Å². The smallest absolute Gasteiger partial charge is 0.145 e. The van der Waals surface area contributed by atoms with E-state index in [1.54, 1.807) is 12.4 Å². The van der Waals surface area contributed by atoms with E-state index < -0.39 is 0 Å². The second-order valence-corrected chi connectivity index (χ2v) is 6.01. The zero-order valence-corrected chi connectivity index (χ0v) is 12.6. The van der Waals surface area contributed by atoms with Crippen molar-refractivity contribution in [1.29, 1.82) is 0 Å². The van der Waals surface area contributed by atoms with Gasteiger partial charge in [0.15, 0.2) is 0 Å². The molecule has 0 saturated carbocycles. The van der Waals surface area contributed by atoms with Crippen molar-refractivity contribution >= 4 is 0 Å². The third-order valence-corrected chi connectivity index (χ3v) is 2.89. The monoisotopic (exact) mass is 270 g/mol. The molecule has 0 spiro atoms. The van der Waals surface area contributed by atoms with E-state index in [9.17, 15) is 0 Å². The number of aromatic nitrogens is 1. The lowest BCUT2D eigenvalue weighted by atomic mass is 10.1. The molecule has 1 aromatic carbocycles. The van der Waals surface area contributed by atoms with Gasteiger partial charge >= 0.3 is 0 Å². The Balaban J connectivity index is 2.19. The van der Waals surface area contributed by atoms with E-state index in [2.05, 4.69) is 50.1 Å². The van der Waals surface area contributed by atoms with Crippen molar-refractivity contribution in [2.45, 2.75) is 39.8 Å². The van der Waals surface area contributed by atoms with Gasteiger partial charge in [-0.25, -0.2) is 0 Å². The van der Waals surface area contributed by atoms with Gasteiger partial charge in [0.2, 0.25) is 0 Å². The second kappa shape index (κ2) is 6.06. The summed E-state index contributed by atoms with van der Waals surface area (Å²) in [6.07, 6.45) is 3.46. The average molecular weight is 270 g/mol. The fourth-order valence-corrected chi connectivity index (χ4v) is 1.84. The van der Waals surface area contributed by atoms with Crippen molar-refractivity contribution in [1.82, 2.24) is 10.3 Å². The highest BCUT2D eigenvalue weighted by Gasteiger charge is 2.11. The predicted molar refractivity (Wildman–Crippen MR) is 82.1 cm³/mol. The van der Waals surface area contributed by atoms with Crippen LogP contribution in [0.4, 0.5) is 0 Å². The van der Waals surface area contributed by atoms with E-state index >= 15 is 0 Å². The summed E-state index contributed by atoms with van der Waals surface area (Å²) >= 11 is 0. The minimum Gasteiger partial charge on any atom is -0.455 e. The molecule has 0 aliphatic rings. The van der Waals surface area contributed by atoms with Crippen molar-refractivity contribution in [2.24, 2.45) is 0 Å². The fraction of sp³-hybridized carbons (Fsp3) is 0.353. The van der Waals surface area contributed by atoms with E-state index in [1.807, 2.05) is 18.2 Å². The molecule has 0 bridgehead atoms. The molecule has 2 aromatic rings. The zero-order valence-electron chi connectivity index (χ0n) is 12.6. The first-order valence-corrected chi connectivity index (χ1v) is 6.86. The molecule has 1 heterocycles. The quantitative estimate of drug-likeness (QED) is 0.909. The SMILES string of the molecule is Cc1ccc(Oc2cccnc2)c(CNC(C)(C)C)c1. The molecule has 0 fully saturated rings. The van der Waals surface area contributed by atoms with Gasteiger partial charge in [0, 0.05) is 23.8 Å². The number of pyridine rings is 1. The summed E-state index contributed by atoms with van der Waals surface area (Å²) < 4.78 is 5.93. The van der Waals surface area contributed by atoms with Crippen LogP contribution in [-0.4, -0.2) is 10.5 Å². The number of nitrogens with one attached hydrogen (secondary N) is 1. The van der Waals surface area contributed by atoms with Crippen LogP contribution in [0.5, 0.6) is 11.5 Å². The molecule has 1 N–H and O–H groups in total. The van der Waals surface area contributed by atoms with Gasteiger partial charge in [0.05, 0.1) is 6.20 Å². The highest BCUT2D eigenvalue weighted by atomic mass is 16.5. The summed E-state index contributed by atoms with van der Waals surface area (Å²) in [7, 11) is 0.